The number of piperidine rings is 1. The summed E-state index contributed by atoms with van der Waals surface area (Å²) in [6, 6.07) is 2.11. The van der Waals surface area contributed by atoms with Gasteiger partial charge in [0.05, 0.1) is 0 Å². The van der Waals surface area contributed by atoms with Crippen LogP contribution in [0.15, 0.2) is 33.0 Å². The molecule has 6 N–H and O–H groups in total. The van der Waals surface area contributed by atoms with Gasteiger partial charge >= 0.3 is 5.97 Å². The number of carbonyl (C=O) groups excluding carboxylic acids is 2. The fourth-order valence-corrected chi connectivity index (χ4v) is 5.79. The van der Waals surface area contributed by atoms with Crippen LogP contribution in [-0.4, -0.2) is 71.7 Å². The SMILES string of the molecule is C[C@H](N)C(=O)O[C@@H](C)C(=O)N1CCC(CCn2c(Sc3cc(O)c(O)cc3Br)nc3c(N)ncnc32)CC1. The van der Waals surface area contributed by atoms with Crippen LogP contribution < -0.4 is 11.5 Å². The van der Waals surface area contributed by atoms with E-state index < -0.39 is 18.1 Å². The smallest absolute Gasteiger partial charge is 0.323 e. The Morgan fingerprint density at radius 3 is 2.58 bits per heavy atom. The summed E-state index contributed by atoms with van der Waals surface area (Å²) in [6.45, 7) is 4.84. The Bertz CT molecular complexity index is 1340. The third-order valence-corrected chi connectivity index (χ3v) is 8.43. The molecular formula is C24H30BrN7O5S. The van der Waals surface area contributed by atoms with Crippen molar-refractivity contribution in [3.8, 4) is 11.5 Å². The van der Waals surface area contributed by atoms with Gasteiger partial charge in [-0.15, -0.1) is 0 Å². The van der Waals surface area contributed by atoms with Crippen LogP contribution in [0.3, 0.4) is 0 Å². The lowest BCUT2D eigenvalue weighted by molar-refractivity contribution is -0.160. The molecule has 1 amide bonds. The Morgan fingerprint density at radius 2 is 1.89 bits per heavy atom. The summed E-state index contributed by atoms with van der Waals surface area (Å²) in [7, 11) is 0. The number of ether oxygens (including phenoxy) is 1. The van der Waals surface area contributed by atoms with E-state index in [1.165, 1.54) is 37.1 Å². The predicted octanol–water partition coefficient (Wildman–Crippen LogP) is 2.64. The Kier molecular flexibility index (Phi) is 8.63. The van der Waals surface area contributed by atoms with Crippen molar-refractivity contribution < 1.29 is 24.5 Å². The number of aromatic hydroxyl groups is 2. The van der Waals surface area contributed by atoms with Gasteiger partial charge in [0.25, 0.3) is 5.91 Å². The minimum absolute atomic E-state index is 0.216. The molecular weight excluding hydrogens is 578 g/mol. The lowest BCUT2D eigenvalue weighted by atomic mass is 9.93. The number of rotatable bonds is 8. The maximum absolute atomic E-state index is 12.7. The van der Waals surface area contributed by atoms with E-state index in [1.807, 2.05) is 4.57 Å². The minimum atomic E-state index is -0.870. The van der Waals surface area contributed by atoms with E-state index in [0.717, 1.165) is 19.3 Å². The number of esters is 1. The maximum atomic E-state index is 12.7. The number of fused-ring (bicyclic) bond motifs is 1. The van der Waals surface area contributed by atoms with Gasteiger partial charge in [0.1, 0.15) is 12.4 Å². The Morgan fingerprint density at radius 1 is 1.21 bits per heavy atom. The van der Waals surface area contributed by atoms with Gasteiger partial charge in [0.2, 0.25) is 0 Å². The summed E-state index contributed by atoms with van der Waals surface area (Å²) in [4.78, 5) is 39.9. The van der Waals surface area contributed by atoms with E-state index in [9.17, 15) is 19.8 Å². The molecule has 38 heavy (non-hydrogen) atoms. The van der Waals surface area contributed by atoms with Crippen molar-refractivity contribution in [2.24, 2.45) is 11.7 Å². The van der Waals surface area contributed by atoms with Crippen molar-refractivity contribution in [3.63, 3.8) is 0 Å². The van der Waals surface area contributed by atoms with Crippen molar-refractivity contribution >= 4 is 56.6 Å². The molecule has 1 fully saturated rings. The zero-order valence-electron chi connectivity index (χ0n) is 21.0. The molecule has 0 spiro atoms. The molecule has 12 nitrogen and oxygen atoms in total. The van der Waals surface area contributed by atoms with Crippen molar-refractivity contribution in [2.75, 3.05) is 18.8 Å². The van der Waals surface area contributed by atoms with Gasteiger partial charge in [-0.25, -0.2) is 15.0 Å². The fraction of sp³-hybridized carbons (Fsp3) is 0.458. The number of phenols is 2. The molecule has 4 rings (SSSR count). The molecule has 2 aromatic heterocycles. The summed E-state index contributed by atoms with van der Waals surface area (Å²) in [5, 5.41) is 20.4. The summed E-state index contributed by atoms with van der Waals surface area (Å²) in [6.07, 6.45) is 2.97. The Balaban J connectivity index is 1.44. The average Bonchev–Trinajstić information content (AvgIpc) is 3.24. The fourth-order valence-electron chi connectivity index (χ4n) is 4.26. The normalized spacial score (nSPS) is 15.9. The Hall–Kier alpha value is -3.10. The van der Waals surface area contributed by atoms with Gasteiger partial charge in [-0.05, 0) is 67.1 Å². The van der Waals surface area contributed by atoms with Gasteiger partial charge in [-0.3, -0.25) is 9.59 Å². The second-order valence-electron chi connectivity index (χ2n) is 9.28. The van der Waals surface area contributed by atoms with Crippen molar-refractivity contribution in [3.05, 3.63) is 22.9 Å². The quantitative estimate of drug-likeness (QED) is 0.218. The predicted molar refractivity (Wildman–Crippen MR) is 144 cm³/mol. The van der Waals surface area contributed by atoms with Gasteiger partial charge in [-0.1, -0.05) is 11.8 Å². The topological polar surface area (TPSA) is 183 Å². The highest BCUT2D eigenvalue weighted by Gasteiger charge is 2.29. The first-order valence-electron chi connectivity index (χ1n) is 12.2. The highest BCUT2D eigenvalue weighted by molar-refractivity contribution is 9.10. The van der Waals surface area contributed by atoms with Crippen LogP contribution in [0.4, 0.5) is 5.82 Å². The van der Waals surface area contributed by atoms with Crippen LogP contribution >= 0.6 is 27.7 Å². The van der Waals surface area contributed by atoms with Crippen LogP contribution in [0.5, 0.6) is 11.5 Å². The van der Waals surface area contributed by atoms with Crippen molar-refractivity contribution in [1.82, 2.24) is 24.4 Å². The summed E-state index contributed by atoms with van der Waals surface area (Å²) in [5.41, 5.74) is 12.7. The number of benzene rings is 1. The zero-order valence-corrected chi connectivity index (χ0v) is 23.4. The van der Waals surface area contributed by atoms with Crippen LogP contribution in [0, 0.1) is 5.92 Å². The van der Waals surface area contributed by atoms with Gasteiger partial charge in [-0.2, -0.15) is 0 Å². The van der Waals surface area contributed by atoms with Gasteiger partial charge in [0.15, 0.2) is 39.7 Å². The number of nitrogen functional groups attached to an aromatic ring is 1. The largest absolute Gasteiger partial charge is 0.504 e. The maximum Gasteiger partial charge on any atom is 0.323 e. The monoisotopic (exact) mass is 607 g/mol. The van der Waals surface area contributed by atoms with Crippen LogP contribution in [0.1, 0.15) is 33.1 Å². The molecule has 14 heteroatoms. The standard InChI is InChI=1S/C24H30BrN7O5S/c1-12(26)23(36)37-13(2)22(35)31-6-3-14(4-7-31)5-8-32-21-19(20(27)28-11-29-21)30-24(32)38-18-10-17(34)16(33)9-15(18)25/h9-14,33-34H,3-8,26H2,1-2H3,(H2,27,28,29)/t12-,13-/m0/s1. The van der Waals surface area contributed by atoms with E-state index >= 15 is 0 Å². The number of hydrogen-bond acceptors (Lipinski definition) is 11. The molecule has 3 aromatic rings. The number of nitrogens with two attached hydrogens (primary N) is 2. The molecule has 1 aliphatic heterocycles. The molecule has 2 atom stereocenters. The highest BCUT2D eigenvalue weighted by atomic mass is 79.9. The molecule has 0 unspecified atom stereocenters. The number of imidazole rings is 1. The number of aromatic nitrogens is 4. The summed E-state index contributed by atoms with van der Waals surface area (Å²) in [5.74, 6) is -0.641. The molecule has 0 bridgehead atoms. The van der Waals surface area contributed by atoms with E-state index in [2.05, 4.69) is 30.9 Å². The minimum Gasteiger partial charge on any atom is -0.504 e. The Labute approximate surface area is 231 Å². The third-order valence-electron chi connectivity index (χ3n) is 6.46. The molecule has 204 valence electrons. The van der Waals surface area contributed by atoms with Crippen molar-refractivity contribution in [1.29, 1.82) is 0 Å². The number of carbonyl (C=O) groups is 2. The molecule has 1 aliphatic rings. The van der Waals surface area contributed by atoms with Gasteiger partial charge in [0, 0.05) is 29.0 Å². The van der Waals surface area contributed by atoms with E-state index in [0.29, 0.717) is 51.2 Å². The number of amides is 1. The molecule has 0 radical (unpaired) electrons. The van der Waals surface area contributed by atoms with Crippen LogP contribution in [0.2, 0.25) is 0 Å². The second kappa shape index (κ2) is 11.7. The number of anilines is 1. The lowest BCUT2D eigenvalue weighted by Gasteiger charge is -2.33. The number of phenolic OH excluding ortho intramolecular Hbond substituents is 2. The molecule has 1 saturated heterocycles. The zero-order chi connectivity index (χ0) is 27.6. The summed E-state index contributed by atoms with van der Waals surface area (Å²) >= 11 is 4.73. The molecule has 1 aromatic carbocycles. The second-order valence-corrected chi connectivity index (χ2v) is 11.1. The van der Waals surface area contributed by atoms with Gasteiger partial charge < -0.3 is 35.9 Å². The molecule has 0 aliphatic carbocycles. The van der Waals surface area contributed by atoms with Crippen LogP contribution in [0.25, 0.3) is 11.2 Å². The average molecular weight is 609 g/mol. The summed E-state index contributed by atoms with van der Waals surface area (Å²) < 4.78 is 7.74. The van der Waals surface area contributed by atoms with E-state index in [1.54, 1.807) is 11.8 Å². The van der Waals surface area contributed by atoms with Crippen LogP contribution in [-0.2, 0) is 20.9 Å². The first kappa shape index (κ1) is 27.9. The lowest BCUT2D eigenvalue weighted by Crippen LogP contribution is -2.45. The number of likely N-dealkylation sites (tertiary alicyclic amines) is 1. The first-order chi connectivity index (χ1) is 18.0. The molecule has 3 heterocycles. The van der Waals surface area contributed by atoms with Crippen molar-refractivity contribution in [2.45, 2.75) is 61.9 Å². The number of nitrogens with zero attached hydrogens (tertiary/aromatic N) is 5. The highest BCUT2D eigenvalue weighted by Crippen LogP contribution is 2.40. The first-order valence-corrected chi connectivity index (χ1v) is 13.8. The third kappa shape index (κ3) is 6.13. The van der Waals surface area contributed by atoms with E-state index in [-0.39, 0.29) is 23.2 Å². The molecule has 0 saturated carbocycles. The number of halogens is 1. The number of hydrogen-bond donors (Lipinski definition) is 4. The van der Waals surface area contributed by atoms with E-state index in [4.69, 9.17) is 16.2 Å². The number of aryl methyl sites for hydroxylation is 1.